The largest absolute Gasteiger partial charge is 0.381 e. The Morgan fingerprint density at radius 1 is 1.36 bits per heavy atom. The van der Waals surface area contributed by atoms with Crippen LogP contribution in [-0.2, 0) is 14.9 Å². The highest BCUT2D eigenvalue weighted by Crippen LogP contribution is 2.35. The number of amides is 1. The van der Waals surface area contributed by atoms with Gasteiger partial charge in [-0.15, -0.1) is 11.8 Å². The standard InChI is InChI=1S/C16H21ClN2O2S/c17-13-3-1-12(2-4-13)16(5-7-21-8-6-16)10-18-15(20)14-9-22-11-19-14/h1-4,14,19H,5-11H2,(H,18,20). The summed E-state index contributed by atoms with van der Waals surface area (Å²) in [5.74, 6) is 1.81. The fourth-order valence-corrected chi connectivity index (χ4v) is 4.14. The Bertz CT molecular complexity index is 511. The summed E-state index contributed by atoms with van der Waals surface area (Å²) in [4.78, 5) is 12.3. The SMILES string of the molecule is O=C(NCC1(c2ccc(Cl)cc2)CCOCC1)C1CSCN1. The Hall–Kier alpha value is -0.750. The van der Waals surface area contributed by atoms with Crippen molar-refractivity contribution in [2.45, 2.75) is 24.3 Å². The molecule has 1 aromatic rings. The highest BCUT2D eigenvalue weighted by molar-refractivity contribution is 7.99. The molecule has 0 aliphatic carbocycles. The van der Waals surface area contributed by atoms with Crippen molar-refractivity contribution in [3.8, 4) is 0 Å². The molecule has 22 heavy (non-hydrogen) atoms. The van der Waals surface area contributed by atoms with Crippen LogP contribution in [0.2, 0.25) is 5.02 Å². The topological polar surface area (TPSA) is 50.4 Å². The van der Waals surface area contributed by atoms with E-state index in [9.17, 15) is 4.79 Å². The number of hydrogen-bond donors (Lipinski definition) is 2. The van der Waals surface area contributed by atoms with Gasteiger partial charge in [0, 0.05) is 41.8 Å². The highest BCUT2D eigenvalue weighted by atomic mass is 35.5. The molecule has 1 atom stereocenters. The average Bonchev–Trinajstić information content (AvgIpc) is 3.09. The Balaban J connectivity index is 1.71. The predicted octanol–water partition coefficient (Wildman–Crippen LogP) is 2.17. The summed E-state index contributed by atoms with van der Waals surface area (Å²) in [7, 11) is 0. The Morgan fingerprint density at radius 3 is 2.73 bits per heavy atom. The van der Waals surface area contributed by atoms with Gasteiger partial charge in [0.05, 0.1) is 6.04 Å². The van der Waals surface area contributed by atoms with Gasteiger partial charge >= 0.3 is 0 Å². The number of ether oxygens (including phenoxy) is 1. The molecule has 120 valence electrons. The van der Waals surface area contributed by atoms with Crippen molar-refractivity contribution in [3.05, 3.63) is 34.9 Å². The van der Waals surface area contributed by atoms with Crippen molar-refractivity contribution in [1.29, 1.82) is 0 Å². The molecule has 3 rings (SSSR count). The van der Waals surface area contributed by atoms with E-state index >= 15 is 0 Å². The first-order valence-electron chi connectivity index (χ1n) is 7.62. The number of rotatable bonds is 4. The zero-order valence-corrected chi connectivity index (χ0v) is 14.0. The molecule has 0 aromatic heterocycles. The van der Waals surface area contributed by atoms with Crippen molar-refractivity contribution < 1.29 is 9.53 Å². The van der Waals surface area contributed by atoms with Crippen molar-refractivity contribution in [1.82, 2.24) is 10.6 Å². The van der Waals surface area contributed by atoms with Gasteiger partial charge in [0.15, 0.2) is 0 Å². The van der Waals surface area contributed by atoms with Gasteiger partial charge in [0.25, 0.3) is 0 Å². The van der Waals surface area contributed by atoms with Gasteiger partial charge in [-0.05, 0) is 30.5 Å². The summed E-state index contributed by atoms with van der Waals surface area (Å²) in [6, 6.07) is 7.93. The average molecular weight is 341 g/mol. The third-order valence-corrected chi connectivity index (χ3v) is 5.73. The maximum absolute atomic E-state index is 12.3. The third-order valence-electron chi connectivity index (χ3n) is 4.54. The molecular weight excluding hydrogens is 320 g/mol. The van der Waals surface area contributed by atoms with Crippen LogP contribution in [0.25, 0.3) is 0 Å². The van der Waals surface area contributed by atoms with Crippen molar-refractivity contribution >= 4 is 29.3 Å². The number of nitrogens with one attached hydrogen (secondary N) is 2. The van der Waals surface area contributed by atoms with E-state index in [0.717, 1.165) is 42.7 Å². The lowest BCUT2D eigenvalue weighted by Gasteiger charge is -2.38. The maximum atomic E-state index is 12.3. The van der Waals surface area contributed by atoms with Crippen LogP contribution in [0.1, 0.15) is 18.4 Å². The summed E-state index contributed by atoms with van der Waals surface area (Å²) >= 11 is 7.77. The molecule has 0 saturated carbocycles. The van der Waals surface area contributed by atoms with Crippen LogP contribution in [0.15, 0.2) is 24.3 Å². The number of carbonyl (C=O) groups is 1. The molecule has 4 nitrogen and oxygen atoms in total. The third kappa shape index (κ3) is 3.59. The Morgan fingerprint density at radius 2 is 2.09 bits per heavy atom. The quantitative estimate of drug-likeness (QED) is 0.882. The second kappa shape index (κ2) is 7.21. The molecular formula is C16H21ClN2O2S. The van der Waals surface area contributed by atoms with Crippen molar-refractivity contribution in [2.75, 3.05) is 31.4 Å². The van der Waals surface area contributed by atoms with Gasteiger partial charge in [-0.2, -0.15) is 0 Å². The van der Waals surface area contributed by atoms with Crippen LogP contribution in [0.3, 0.4) is 0 Å². The van der Waals surface area contributed by atoms with E-state index in [1.807, 2.05) is 12.1 Å². The zero-order chi connectivity index (χ0) is 15.4. The molecule has 2 N–H and O–H groups in total. The summed E-state index contributed by atoms with van der Waals surface area (Å²) in [6.07, 6.45) is 1.84. The molecule has 0 radical (unpaired) electrons. The van der Waals surface area contributed by atoms with Gasteiger partial charge < -0.3 is 10.1 Å². The van der Waals surface area contributed by atoms with Gasteiger partial charge in [0.2, 0.25) is 5.91 Å². The number of benzene rings is 1. The minimum atomic E-state index is -0.0629. The molecule has 2 heterocycles. The van der Waals surface area contributed by atoms with Gasteiger partial charge in [-0.3, -0.25) is 10.1 Å². The van der Waals surface area contributed by atoms with Crippen LogP contribution in [-0.4, -0.2) is 43.3 Å². The number of carbonyl (C=O) groups excluding carboxylic acids is 1. The molecule has 6 heteroatoms. The van der Waals surface area contributed by atoms with Crippen LogP contribution in [0, 0.1) is 0 Å². The minimum Gasteiger partial charge on any atom is -0.381 e. The summed E-state index contributed by atoms with van der Waals surface area (Å²) in [6.45, 7) is 2.12. The van der Waals surface area contributed by atoms with Gasteiger partial charge in [-0.1, -0.05) is 23.7 Å². The van der Waals surface area contributed by atoms with Gasteiger partial charge in [-0.25, -0.2) is 0 Å². The van der Waals surface area contributed by atoms with E-state index < -0.39 is 0 Å². The Kier molecular flexibility index (Phi) is 5.29. The highest BCUT2D eigenvalue weighted by Gasteiger charge is 2.35. The van der Waals surface area contributed by atoms with Crippen molar-refractivity contribution in [3.63, 3.8) is 0 Å². The molecule has 0 spiro atoms. The second-order valence-electron chi connectivity index (χ2n) is 5.89. The lowest BCUT2D eigenvalue weighted by atomic mass is 9.74. The van der Waals surface area contributed by atoms with E-state index in [1.54, 1.807) is 11.8 Å². The van der Waals surface area contributed by atoms with Crippen LogP contribution in [0.5, 0.6) is 0 Å². The number of thioether (sulfide) groups is 1. The molecule has 1 amide bonds. The molecule has 2 aliphatic heterocycles. The van der Waals surface area contributed by atoms with Crippen molar-refractivity contribution in [2.24, 2.45) is 0 Å². The maximum Gasteiger partial charge on any atom is 0.238 e. The molecule has 2 fully saturated rings. The second-order valence-corrected chi connectivity index (χ2v) is 7.36. The van der Waals surface area contributed by atoms with E-state index in [4.69, 9.17) is 16.3 Å². The van der Waals surface area contributed by atoms with E-state index in [2.05, 4.69) is 22.8 Å². The molecule has 1 unspecified atom stereocenters. The first-order chi connectivity index (χ1) is 10.7. The first-order valence-corrected chi connectivity index (χ1v) is 9.16. The molecule has 2 aliphatic rings. The monoisotopic (exact) mass is 340 g/mol. The summed E-state index contributed by atoms with van der Waals surface area (Å²) < 4.78 is 5.52. The van der Waals surface area contributed by atoms with E-state index in [0.29, 0.717) is 6.54 Å². The molecule has 0 bridgehead atoms. The van der Waals surface area contributed by atoms with Crippen LogP contribution < -0.4 is 10.6 Å². The van der Waals surface area contributed by atoms with Gasteiger partial charge in [0.1, 0.15) is 0 Å². The fourth-order valence-electron chi connectivity index (χ4n) is 3.08. The zero-order valence-electron chi connectivity index (χ0n) is 12.4. The number of halogens is 1. The fraction of sp³-hybridized carbons (Fsp3) is 0.562. The van der Waals surface area contributed by atoms with E-state index in [-0.39, 0.29) is 17.4 Å². The Labute approximate surface area is 140 Å². The van der Waals surface area contributed by atoms with E-state index in [1.165, 1.54) is 5.56 Å². The summed E-state index contributed by atoms with van der Waals surface area (Å²) in [5.41, 5.74) is 1.18. The normalized spacial score (nSPS) is 24.1. The molecule has 1 aromatic carbocycles. The first kappa shape index (κ1) is 16.1. The number of hydrogen-bond acceptors (Lipinski definition) is 4. The van der Waals surface area contributed by atoms with Crippen LogP contribution in [0.4, 0.5) is 0 Å². The lowest BCUT2D eigenvalue weighted by Crippen LogP contribution is -2.49. The molecule has 2 saturated heterocycles. The lowest BCUT2D eigenvalue weighted by molar-refractivity contribution is -0.122. The summed E-state index contributed by atoms with van der Waals surface area (Å²) in [5, 5.41) is 7.10. The minimum absolute atomic E-state index is 0.0513. The smallest absolute Gasteiger partial charge is 0.238 e. The van der Waals surface area contributed by atoms with Crippen LogP contribution >= 0.6 is 23.4 Å². The predicted molar refractivity (Wildman–Crippen MR) is 90.4 cm³/mol.